The minimum Gasteiger partial charge on any atom is -0.354 e. The fourth-order valence-electron chi connectivity index (χ4n) is 2.29. The number of halogens is 1. The molecular weight excluding hydrogens is 378 g/mol. The Labute approximate surface area is 154 Å². The molecule has 0 aliphatic rings. The highest BCUT2D eigenvalue weighted by atomic mass is 79.9. The van der Waals surface area contributed by atoms with Gasteiger partial charge in [-0.2, -0.15) is 5.26 Å². The van der Waals surface area contributed by atoms with Crippen LogP contribution in [-0.2, 0) is 0 Å². The number of nitrogens with zero attached hydrogens (tertiary/aromatic N) is 1. The van der Waals surface area contributed by atoms with Crippen LogP contribution < -0.4 is 10.6 Å². The second kappa shape index (κ2) is 7.65. The lowest BCUT2D eigenvalue weighted by molar-refractivity contribution is 0.102. The summed E-state index contributed by atoms with van der Waals surface area (Å²) >= 11 is 3.35. The van der Waals surface area contributed by atoms with E-state index in [2.05, 4.69) is 32.6 Å². The molecule has 4 nitrogen and oxygen atoms in total. The summed E-state index contributed by atoms with van der Waals surface area (Å²) in [7, 11) is 0. The van der Waals surface area contributed by atoms with Crippen LogP contribution in [0, 0.1) is 11.3 Å². The molecule has 5 heteroatoms. The van der Waals surface area contributed by atoms with Crippen LogP contribution in [0.15, 0.2) is 77.3 Å². The summed E-state index contributed by atoms with van der Waals surface area (Å²) in [5, 5.41) is 15.2. The highest BCUT2D eigenvalue weighted by Crippen LogP contribution is 2.22. The Bertz CT molecular complexity index is 928. The van der Waals surface area contributed by atoms with Gasteiger partial charge < -0.3 is 10.6 Å². The number of hydrogen-bond donors (Lipinski definition) is 2. The summed E-state index contributed by atoms with van der Waals surface area (Å²) in [6.07, 6.45) is 0. The Hall–Kier alpha value is -3.10. The van der Waals surface area contributed by atoms with Gasteiger partial charge in [-0.25, -0.2) is 0 Å². The molecule has 0 heterocycles. The van der Waals surface area contributed by atoms with E-state index in [0.717, 1.165) is 15.8 Å². The zero-order chi connectivity index (χ0) is 17.6. The predicted octanol–water partition coefficient (Wildman–Crippen LogP) is 5.32. The van der Waals surface area contributed by atoms with E-state index in [1.807, 2.05) is 54.6 Å². The minimum absolute atomic E-state index is 0.164. The van der Waals surface area contributed by atoms with Crippen LogP contribution in [0.5, 0.6) is 0 Å². The Balaban J connectivity index is 1.69. The summed E-state index contributed by atoms with van der Waals surface area (Å²) < 4.78 is 0.928. The smallest absolute Gasteiger partial charge is 0.255 e. The fraction of sp³-hybridized carbons (Fsp3) is 0. The van der Waals surface area contributed by atoms with E-state index < -0.39 is 0 Å². The van der Waals surface area contributed by atoms with Gasteiger partial charge in [-0.1, -0.05) is 28.1 Å². The summed E-state index contributed by atoms with van der Waals surface area (Å²) in [6.45, 7) is 0. The van der Waals surface area contributed by atoms with Gasteiger partial charge in [-0.05, 0) is 60.7 Å². The van der Waals surface area contributed by atoms with Gasteiger partial charge in [0.05, 0.1) is 11.3 Å². The van der Waals surface area contributed by atoms with Crippen LogP contribution >= 0.6 is 15.9 Å². The second-order valence-electron chi connectivity index (χ2n) is 5.32. The van der Waals surface area contributed by atoms with Crippen LogP contribution in [-0.4, -0.2) is 5.91 Å². The quantitative estimate of drug-likeness (QED) is 0.632. The lowest BCUT2D eigenvalue weighted by atomic mass is 10.2. The number of anilines is 3. The van der Waals surface area contributed by atoms with Crippen molar-refractivity contribution in [3.63, 3.8) is 0 Å². The second-order valence-corrected chi connectivity index (χ2v) is 6.24. The van der Waals surface area contributed by atoms with Crippen LogP contribution in [0.3, 0.4) is 0 Å². The first kappa shape index (κ1) is 16.7. The number of para-hydroxylation sites is 1. The monoisotopic (exact) mass is 391 g/mol. The van der Waals surface area contributed by atoms with E-state index in [-0.39, 0.29) is 5.91 Å². The normalized spacial score (nSPS) is 9.92. The van der Waals surface area contributed by atoms with Crippen molar-refractivity contribution >= 4 is 38.9 Å². The van der Waals surface area contributed by atoms with Crippen molar-refractivity contribution in [1.82, 2.24) is 0 Å². The number of amides is 1. The van der Waals surface area contributed by atoms with E-state index in [1.54, 1.807) is 18.2 Å². The summed E-state index contributed by atoms with van der Waals surface area (Å²) in [6, 6.07) is 24.0. The van der Waals surface area contributed by atoms with Gasteiger partial charge in [0.1, 0.15) is 6.07 Å². The minimum atomic E-state index is -0.164. The number of nitrogens with one attached hydrogen (secondary N) is 2. The third-order valence-electron chi connectivity index (χ3n) is 3.58. The maximum atomic E-state index is 12.2. The first-order valence-corrected chi connectivity index (χ1v) is 8.38. The molecule has 0 fully saturated rings. The van der Waals surface area contributed by atoms with E-state index in [1.165, 1.54) is 0 Å². The molecule has 0 saturated heterocycles. The van der Waals surface area contributed by atoms with Gasteiger partial charge in [-0.15, -0.1) is 0 Å². The summed E-state index contributed by atoms with van der Waals surface area (Å²) in [4.78, 5) is 12.2. The van der Waals surface area contributed by atoms with Crippen LogP contribution in [0.2, 0.25) is 0 Å². The van der Waals surface area contributed by atoms with Crippen molar-refractivity contribution in [2.24, 2.45) is 0 Å². The number of carbonyl (C=O) groups is 1. The van der Waals surface area contributed by atoms with Gasteiger partial charge in [0.2, 0.25) is 0 Å². The van der Waals surface area contributed by atoms with Gasteiger partial charge in [0, 0.05) is 21.4 Å². The highest BCUT2D eigenvalue weighted by molar-refractivity contribution is 9.10. The third-order valence-corrected chi connectivity index (χ3v) is 4.10. The van der Waals surface area contributed by atoms with Gasteiger partial charge in [0.25, 0.3) is 5.91 Å². The summed E-state index contributed by atoms with van der Waals surface area (Å²) in [5.74, 6) is -0.164. The average molecular weight is 392 g/mol. The topological polar surface area (TPSA) is 64.9 Å². The number of nitriles is 1. The number of hydrogen-bond acceptors (Lipinski definition) is 3. The Morgan fingerprint density at radius 3 is 2.20 bits per heavy atom. The molecule has 122 valence electrons. The Morgan fingerprint density at radius 1 is 0.880 bits per heavy atom. The average Bonchev–Trinajstić information content (AvgIpc) is 2.64. The number of carbonyl (C=O) groups excluding carboxylic acids is 1. The Morgan fingerprint density at radius 2 is 1.52 bits per heavy atom. The van der Waals surface area contributed by atoms with Crippen LogP contribution in [0.4, 0.5) is 17.1 Å². The standard InChI is InChI=1S/C20H14BrN3O/c21-16-7-5-14(6-8-16)20(25)24-18-11-9-17(10-12-18)23-19-4-2-1-3-15(19)13-22/h1-12,23H,(H,24,25). The maximum Gasteiger partial charge on any atom is 0.255 e. The van der Waals surface area contributed by atoms with Crippen molar-refractivity contribution in [2.45, 2.75) is 0 Å². The molecule has 3 rings (SSSR count). The molecule has 2 N–H and O–H groups in total. The molecule has 1 amide bonds. The van der Waals surface area contributed by atoms with Crippen molar-refractivity contribution in [1.29, 1.82) is 5.26 Å². The van der Waals surface area contributed by atoms with E-state index in [0.29, 0.717) is 16.8 Å². The fourth-order valence-corrected chi connectivity index (χ4v) is 2.55. The van der Waals surface area contributed by atoms with Gasteiger partial charge in [-0.3, -0.25) is 4.79 Å². The number of benzene rings is 3. The first-order chi connectivity index (χ1) is 12.2. The zero-order valence-corrected chi connectivity index (χ0v) is 14.7. The third kappa shape index (κ3) is 4.25. The molecule has 0 aromatic heterocycles. The predicted molar refractivity (Wildman–Crippen MR) is 103 cm³/mol. The van der Waals surface area contributed by atoms with E-state index in [4.69, 9.17) is 5.26 Å². The molecular formula is C20H14BrN3O. The molecule has 25 heavy (non-hydrogen) atoms. The van der Waals surface area contributed by atoms with E-state index >= 15 is 0 Å². The molecule has 0 unspecified atom stereocenters. The number of rotatable bonds is 4. The van der Waals surface area contributed by atoms with E-state index in [9.17, 15) is 4.79 Å². The lowest BCUT2D eigenvalue weighted by Gasteiger charge is -2.10. The molecule has 0 saturated carbocycles. The van der Waals surface area contributed by atoms with Gasteiger partial charge in [0.15, 0.2) is 0 Å². The molecule has 3 aromatic rings. The van der Waals surface area contributed by atoms with Crippen molar-refractivity contribution in [3.8, 4) is 6.07 Å². The first-order valence-electron chi connectivity index (χ1n) is 7.59. The lowest BCUT2D eigenvalue weighted by Crippen LogP contribution is -2.11. The molecule has 3 aromatic carbocycles. The van der Waals surface area contributed by atoms with Crippen molar-refractivity contribution < 1.29 is 4.79 Å². The maximum absolute atomic E-state index is 12.2. The largest absolute Gasteiger partial charge is 0.354 e. The molecule has 0 aliphatic heterocycles. The molecule has 0 spiro atoms. The molecule has 0 atom stereocenters. The molecule has 0 bridgehead atoms. The van der Waals surface area contributed by atoms with Crippen molar-refractivity contribution in [2.75, 3.05) is 10.6 Å². The highest BCUT2D eigenvalue weighted by Gasteiger charge is 2.06. The molecule has 0 radical (unpaired) electrons. The molecule has 0 aliphatic carbocycles. The van der Waals surface area contributed by atoms with Crippen molar-refractivity contribution in [3.05, 3.63) is 88.4 Å². The van der Waals surface area contributed by atoms with Crippen LogP contribution in [0.1, 0.15) is 15.9 Å². The van der Waals surface area contributed by atoms with Gasteiger partial charge >= 0.3 is 0 Å². The summed E-state index contributed by atoms with van der Waals surface area (Å²) in [5.41, 5.74) is 3.46. The Kier molecular flexibility index (Phi) is 5.12. The van der Waals surface area contributed by atoms with Crippen LogP contribution in [0.25, 0.3) is 0 Å². The SMILES string of the molecule is N#Cc1ccccc1Nc1ccc(NC(=O)c2ccc(Br)cc2)cc1. The zero-order valence-electron chi connectivity index (χ0n) is 13.2.